The zero-order valence-corrected chi connectivity index (χ0v) is 7.81. The molecule has 0 amide bonds. The normalized spacial score (nSPS) is 11.2. The number of benzene rings is 1. The van der Waals surface area contributed by atoms with Crippen LogP contribution in [0.5, 0.6) is 5.75 Å². The Kier molecular flexibility index (Phi) is 2.14. The van der Waals surface area contributed by atoms with Crippen LogP contribution in [0, 0.1) is 0 Å². The third kappa shape index (κ3) is 1.57. The third-order valence-corrected chi connectivity index (χ3v) is 1.96. The SMILES string of the molecule is CN=Cc1ccc2cc(O)ccc2n1. The molecule has 0 saturated heterocycles. The first kappa shape index (κ1) is 8.69. The number of rotatable bonds is 1. The van der Waals surface area contributed by atoms with Gasteiger partial charge in [-0.3, -0.25) is 4.99 Å². The molecule has 3 nitrogen and oxygen atoms in total. The molecule has 0 aliphatic carbocycles. The van der Waals surface area contributed by atoms with Crippen molar-refractivity contribution in [1.29, 1.82) is 0 Å². The molecule has 1 heterocycles. The van der Waals surface area contributed by atoms with Gasteiger partial charge in [-0.05, 0) is 24.3 Å². The molecule has 1 aromatic heterocycles. The van der Waals surface area contributed by atoms with Crippen LogP contribution in [0.15, 0.2) is 35.3 Å². The second-order valence-electron chi connectivity index (χ2n) is 3.00. The molecule has 2 aromatic rings. The van der Waals surface area contributed by atoms with Gasteiger partial charge in [-0.15, -0.1) is 0 Å². The zero-order chi connectivity index (χ0) is 9.97. The molecular formula is C11H10N2O. The number of aromatic nitrogens is 1. The predicted octanol–water partition coefficient (Wildman–Crippen LogP) is 1.99. The van der Waals surface area contributed by atoms with Gasteiger partial charge in [-0.2, -0.15) is 0 Å². The maximum atomic E-state index is 9.25. The zero-order valence-electron chi connectivity index (χ0n) is 7.81. The van der Waals surface area contributed by atoms with E-state index in [1.54, 1.807) is 31.5 Å². The predicted molar refractivity (Wildman–Crippen MR) is 56.9 cm³/mol. The van der Waals surface area contributed by atoms with Crippen molar-refractivity contribution < 1.29 is 5.11 Å². The molecule has 2 rings (SSSR count). The van der Waals surface area contributed by atoms with Crippen LogP contribution in [0.1, 0.15) is 5.69 Å². The fourth-order valence-electron chi connectivity index (χ4n) is 1.33. The lowest BCUT2D eigenvalue weighted by Gasteiger charge is -1.98. The number of hydrogen-bond donors (Lipinski definition) is 1. The Labute approximate surface area is 81.8 Å². The topological polar surface area (TPSA) is 45.5 Å². The molecule has 0 saturated carbocycles. The molecule has 0 bridgehead atoms. The Bertz CT molecular complexity index is 492. The molecule has 0 fully saturated rings. The minimum Gasteiger partial charge on any atom is -0.508 e. The number of nitrogens with zero attached hydrogens (tertiary/aromatic N) is 2. The van der Waals surface area contributed by atoms with E-state index in [1.807, 2.05) is 12.1 Å². The van der Waals surface area contributed by atoms with Gasteiger partial charge in [0.15, 0.2) is 0 Å². The van der Waals surface area contributed by atoms with Crippen molar-refractivity contribution in [3.8, 4) is 5.75 Å². The molecule has 0 aliphatic heterocycles. The number of phenolic OH excluding ortho intramolecular Hbond substituents is 1. The number of fused-ring (bicyclic) bond motifs is 1. The highest BCUT2D eigenvalue weighted by Crippen LogP contribution is 2.17. The smallest absolute Gasteiger partial charge is 0.116 e. The van der Waals surface area contributed by atoms with Crippen molar-refractivity contribution in [1.82, 2.24) is 4.98 Å². The van der Waals surface area contributed by atoms with Crippen molar-refractivity contribution in [3.63, 3.8) is 0 Å². The molecule has 0 aliphatic rings. The van der Waals surface area contributed by atoms with Crippen molar-refractivity contribution in [2.45, 2.75) is 0 Å². The van der Waals surface area contributed by atoms with Crippen molar-refractivity contribution in [3.05, 3.63) is 36.0 Å². The summed E-state index contributed by atoms with van der Waals surface area (Å²) in [5.74, 6) is 0.260. The molecule has 0 radical (unpaired) electrons. The van der Waals surface area contributed by atoms with Crippen molar-refractivity contribution in [2.24, 2.45) is 4.99 Å². The summed E-state index contributed by atoms with van der Waals surface area (Å²) in [7, 11) is 1.71. The minimum absolute atomic E-state index is 0.260. The molecule has 70 valence electrons. The summed E-state index contributed by atoms with van der Waals surface area (Å²) >= 11 is 0. The lowest BCUT2D eigenvalue weighted by atomic mass is 10.2. The number of phenols is 1. The Balaban J connectivity index is 2.61. The van der Waals surface area contributed by atoms with E-state index in [0.717, 1.165) is 16.6 Å². The molecular weight excluding hydrogens is 176 g/mol. The van der Waals surface area contributed by atoms with Gasteiger partial charge in [-0.1, -0.05) is 6.07 Å². The highest BCUT2D eigenvalue weighted by molar-refractivity contribution is 5.85. The highest BCUT2D eigenvalue weighted by Gasteiger charge is 1.97. The van der Waals surface area contributed by atoms with Crippen LogP contribution in [-0.4, -0.2) is 23.4 Å². The number of pyridine rings is 1. The number of aliphatic imine (C=N–C) groups is 1. The van der Waals surface area contributed by atoms with E-state index in [4.69, 9.17) is 0 Å². The summed E-state index contributed by atoms with van der Waals surface area (Å²) in [5.41, 5.74) is 1.69. The van der Waals surface area contributed by atoms with E-state index >= 15 is 0 Å². The maximum Gasteiger partial charge on any atom is 0.116 e. The minimum atomic E-state index is 0.260. The van der Waals surface area contributed by atoms with Crippen LogP contribution in [0.2, 0.25) is 0 Å². The van der Waals surface area contributed by atoms with E-state index in [1.165, 1.54) is 0 Å². The summed E-state index contributed by atoms with van der Waals surface area (Å²) in [6, 6.07) is 8.89. The van der Waals surface area contributed by atoms with Crippen LogP contribution in [0.25, 0.3) is 10.9 Å². The van der Waals surface area contributed by atoms with Crippen LogP contribution >= 0.6 is 0 Å². The van der Waals surface area contributed by atoms with Crippen LogP contribution in [0.3, 0.4) is 0 Å². The van der Waals surface area contributed by atoms with E-state index in [9.17, 15) is 5.11 Å². The molecule has 1 N–H and O–H groups in total. The number of aromatic hydroxyl groups is 1. The Morgan fingerprint density at radius 2 is 2.14 bits per heavy atom. The summed E-state index contributed by atoms with van der Waals surface area (Å²) in [6.07, 6.45) is 1.70. The van der Waals surface area contributed by atoms with E-state index in [-0.39, 0.29) is 5.75 Å². The average molecular weight is 186 g/mol. The fourth-order valence-corrected chi connectivity index (χ4v) is 1.33. The first-order chi connectivity index (χ1) is 6.79. The summed E-state index contributed by atoms with van der Waals surface area (Å²) < 4.78 is 0. The van der Waals surface area contributed by atoms with Gasteiger partial charge in [0.25, 0.3) is 0 Å². The number of hydrogen-bond acceptors (Lipinski definition) is 3. The first-order valence-corrected chi connectivity index (χ1v) is 4.31. The fraction of sp³-hybridized carbons (Fsp3) is 0.0909. The lowest BCUT2D eigenvalue weighted by Crippen LogP contribution is -1.87. The van der Waals surface area contributed by atoms with Gasteiger partial charge in [-0.25, -0.2) is 4.98 Å². The Morgan fingerprint density at radius 1 is 1.29 bits per heavy atom. The summed E-state index contributed by atoms with van der Waals surface area (Å²) in [4.78, 5) is 8.24. The monoisotopic (exact) mass is 186 g/mol. The largest absolute Gasteiger partial charge is 0.508 e. The lowest BCUT2D eigenvalue weighted by molar-refractivity contribution is 0.476. The summed E-state index contributed by atoms with van der Waals surface area (Å²) in [6.45, 7) is 0. The van der Waals surface area contributed by atoms with Gasteiger partial charge in [0.05, 0.1) is 11.2 Å². The quantitative estimate of drug-likeness (QED) is 0.692. The molecule has 14 heavy (non-hydrogen) atoms. The van der Waals surface area contributed by atoms with Gasteiger partial charge < -0.3 is 5.11 Å². The molecule has 0 spiro atoms. The van der Waals surface area contributed by atoms with Crippen LogP contribution < -0.4 is 0 Å². The summed E-state index contributed by atoms with van der Waals surface area (Å²) in [5, 5.41) is 10.2. The molecule has 0 atom stereocenters. The van der Waals surface area contributed by atoms with Gasteiger partial charge in [0, 0.05) is 18.6 Å². The first-order valence-electron chi connectivity index (χ1n) is 4.31. The van der Waals surface area contributed by atoms with E-state index in [0.29, 0.717) is 0 Å². The van der Waals surface area contributed by atoms with Crippen LogP contribution in [0.4, 0.5) is 0 Å². The molecule has 0 unspecified atom stereocenters. The maximum absolute atomic E-state index is 9.25. The standard InChI is InChI=1S/C11H10N2O/c1-12-7-9-3-2-8-6-10(14)4-5-11(8)13-9/h2-7,14H,1H3. The van der Waals surface area contributed by atoms with Gasteiger partial charge >= 0.3 is 0 Å². The Morgan fingerprint density at radius 3 is 2.93 bits per heavy atom. The van der Waals surface area contributed by atoms with Gasteiger partial charge in [0.2, 0.25) is 0 Å². The van der Waals surface area contributed by atoms with E-state index in [2.05, 4.69) is 9.98 Å². The van der Waals surface area contributed by atoms with Gasteiger partial charge in [0.1, 0.15) is 5.75 Å². The van der Waals surface area contributed by atoms with Crippen molar-refractivity contribution in [2.75, 3.05) is 7.05 Å². The second kappa shape index (κ2) is 3.46. The highest BCUT2D eigenvalue weighted by atomic mass is 16.3. The Hall–Kier alpha value is -1.90. The van der Waals surface area contributed by atoms with Crippen molar-refractivity contribution >= 4 is 17.1 Å². The third-order valence-electron chi connectivity index (χ3n) is 1.96. The molecule has 3 heteroatoms. The second-order valence-corrected chi connectivity index (χ2v) is 3.00. The average Bonchev–Trinajstić information content (AvgIpc) is 2.19. The van der Waals surface area contributed by atoms with Crippen LogP contribution in [-0.2, 0) is 0 Å². The molecule has 1 aromatic carbocycles. The van der Waals surface area contributed by atoms with E-state index < -0.39 is 0 Å².